The molecule has 0 heterocycles. The van der Waals surface area contributed by atoms with Gasteiger partial charge >= 0.3 is 0 Å². The first-order valence-electron chi connectivity index (χ1n) is 10.6. The van der Waals surface area contributed by atoms with E-state index in [-0.39, 0.29) is 18.2 Å². The van der Waals surface area contributed by atoms with Gasteiger partial charge in [0.2, 0.25) is 11.8 Å². The Morgan fingerprint density at radius 3 is 1.87 bits per heavy atom. The second-order valence-electron chi connectivity index (χ2n) is 7.99. The Morgan fingerprint density at radius 2 is 1.32 bits per heavy atom. The Bertz CT molecular complexity index is 996. The Morgan fingerprint density at radius 1 is 0.774 bits per heavy atom. The highest BCUT2D eigenvalue weighted by atomic mass is 16.2. The van der Waals surface area contributed by atoms with E-state index in [4.69, 9.17) is 0 Å². The lowest BCUT2D eigenvalue weighted by atomic mass is 10.0. The van der Waals surface area contributed by atoms with Gasteiger partial charge in [-0.15, -0.1) is 0 Å². The van der Waals surface area contributed by atoms with Gasteiger partial charge in [0.25, 0.3) is 0 Å². The largest absolute Gasteiger partial charge is 0.357 e. The smallest absolute Gasteiger partial charge is 0.242 e. The molecule has 4 nitrogen and oxygen atoms in total. The van der Waals surface area contributed by atoms with Gasteiger partial charge in [-0.25, -0.2) is 0 Å². The van der Waals surface area contributed by atoms with Crippen LogP contribution in [0.3, 0.4) is 0 Å². The molecule has 1 unspecified atom stereocenters. The summed E-state index contributed by atoms with van der Waals surface area (Å²) in [6.07, 6.45) is 0.723. The predicted molar refractivity (Wildman–Crippen MR) is 125 cm³/mol. The van der Waals surface area contributed by atoms with Gasteiger partial charge in [0.15, 0.2) is 0 Å². The summed E-state index contributed by atoms with van der Waals surface area (Å²) in [4.78, 5) is 28.1. The molecule has 1 atom stereocenters. The highest BCUT2D eigenvalue weighted by molar-refractivity contribution is 5.88. The molecule has 3 aromatic rings. The molecular formula is C27H30N2O2. The summed E-state index contributed by atoms with van der Waals surface area (Å²) >= 11 is 0. The molecule has 0 aliphatic carbocycles. The average molecular weight is 415 g/mol. The van der Waals surface area contributed by atoms with E-state index in [1.165, 1.54) is 0 Å². The topological polar surface area (TPSA) is 49.4 Å². The van der Waals surface area contributed by atoms with E-state index in [0.717, 1.165) is 27.8 Å². The van der Waals surface area contributed by atoms with Gasteiger partial charge in [0.05, 0.1) is 6.42 Å². The second-order valence-corrected chi connectivity index (χ2v) is 7.99. The van der Waals surface area contributed by atoms with Crippen molar-refractivity contribution < 1.29 is 9.59 Å². The first-order valence-corrected chi connectivity index (χ1v) is 10.6. The third-order valence-electron chi connectivity index (χ3n) is 5.47. The molecule has 0 aliphatic heterocycles. The van der Waals surface area contributed by atoms with Crippen LogP contribution in [0, 0.1) is 13.8 Å². The van der Waals surface area contributed by atoms with Crippen LogP contribution in [-0.4, -0.2) is 29.8 Å². The molecule has 31 heavy (non-hydrogen) atoms. The minimum absolute atomic E-state index is 0.0611. The van der Waals surface area contributed by atoms with E-state index in [2.05, 4.69) is 5.32 Å². The lowest BCUT2D eigenvalue weighted by Gasteiger charge is -2.31. The molecule has 3 aromatic carbocycles. The third kappa shape index (κ3) is 6.29. The van der Waals surface area contributed by atoms with Gasteiger partial charge in [-0.1, -0.05) is 90.0 Å². The monoisotopic (exact) mass is 414 g/mol. The number of hydrogen-bond donors (Lipinski definition) is 1. The standard InChI is InChI=1S/C27H30N2O2/c1-20-9-13-23(14-10-20)18-26(30)29(19-24-15-11-21(2)12-16-24)25(27(31)28-3)17-22-7-5-4-6-8-22/h4-16,25H,17-19H2,1-3H3,(H,28,31). The van der Waals surface area contributed by atoms with Gasteiger partial charge in [-0.3, -0.25) is 9.59 Å². The number of nitrogens with zero attached hydrogens (tertiary/aromatic N) is 1. The Labute approximate surface area is 184 Å². The number of amides is 2. The van der Waals surface area contributed by atoms with Crippen LogP contribution in [0.2, 0.25) is 0 Å². The van der Waals surface area contributed by atoms with Crippen LogP contribution in [0.1, 0.15) is 27.8 Å². The molecule has 0 spiro atoms. The lowest BCUT2D eigenvalue weighted by molar-refractivity contribution is -0.140. The highest BCUT2D eigenvalue weighted by Crippen LogP contribution is 2.17. The number of rotatable bonds is 8. The normalized spacial score (nSPS) is 11.6. The molecule has 0 saturated heterocycles. The van der Waals surface area contributed by atoms with Crippen molar-refractivity contribution in [1.29, 1.82) is 0 Å². The molecule has 0 bridgehead atoms. The van der Waals surface area contributed by atoms with Crippen LogP contribution in [0.4, 0.5) is 0 Å². The molecule has 160 valence electrons. The van der Waals surface area contributed by atoms with Crippen LogP contribution in [-0.2, 0) is 29.0 Å². The summed E-state index contributed by atoms with van der Waals surface area (Å²) in [5.74, 6) is -0.220. The summed E-state index contributed by atoms with van der Waals surface area (Å²) in [6.45, 7) is 4.44. The van der Waals surface area contributed by atoms with E-state index in [1.807, 2.05) is 92.7 Å². The van der Waals surface area contributed by atoms with Crippen molar-refractivity contribution in [3.63, 3.8) is 0 Å². The number of carbonyl (C=O) groups excluding carboxylic acids is 2. The molecule has 4 heteroatoms. The summed E-state index contributed by atoms with van der Waals surface area (Å²) in [6, 6.07) is 25.3. The predicted octanol–water partition coefficient (Wildman–Crippen LogP) is 4.23. The fourth-order valence-electron chi connectivity index (χ4n) is 3.59. The summed E-state index contributed by atoms with van der Waals surface area (Å²) in [7, 11) is 1.62. The third-order valence-corrected chi connectivity index (χ3v) is 5.47. The van der Waals surface area contributed by atoms with Crippen molar-refractivity contribution in [3.05, 3.63) is 107 Å². The first-order chi connectivity index (χ1) is 15.0. The minimum Gasteiger partial charge on any atom is -0.357 e. The van der Waals surface area contributed by atoms with Crippen molar-refractivity contribution in [2.45, 2.75) is 39.3 Å². The van der Waals surface area contributed by atoms with E-state index in [0.29, 0.717) is 13.0 Å². The van der Waals surface area contributed by atoms with E-state index < -0.39 is 6.04 Å². The first kappa shape index (κ1) is 22.3. The molecule has 1 N–H and O–H groups in total. The summed E-state index contributed by atoms with van der Waals surface area (Å²) < 4.78 is 0. The molecule has 0 radical (unpaired) electrons. The fraction of sp³-hybridized carbons (Fsp3) is 0.259. The van der Waals surface area contributed by atoms with Crippen LogP contribution < -0.4 is 5.32 Å². The SMILES string of the molecule is CNC(=O)C(Cc1ccccc1)N(Cc1ccc(C)cc1)C(=O)Cc1ccc(C)cc1. The Kier molecular flexibility index (Phi) is 7.60. The number of benzene rings is 3. The van der Waals surface area contributed by atoms with Gasteiger partial charge in [0, 0.05) is 20.0 Å². The summed E-state index contributed by atoms with van der Waals surface area (Å²) in [5, 5.41) is 2.75. The molecule has 0 aliphatic rings. The maximum Gasteiger partial charge on any atom is 0.242 e. The molecule has 2 amide bonds. The zero-order chi connectivity index (χ0) is 22.2. The molecule has 0 aromatic heterocycles. The molecule has 3 rings (SSSR count). The Hall–Kier alpha value is -3.40. The fourth-order valence-corrected chi connectivity index (χ4v) is 3.59. The van der Waals surface area contributed by atoms with Crippen molar-refractivity contribution >= 4 is 11.8 Å². The van der Waals surface area contributed by atoms with Gasteiger partial charge < -0.3 is 10.2 Å². The maximum atomic E-state index is 13.5. The van der Waals surface area contributed by atoms with E-state index >= 15 is 0 Å². The second kappa shape index (κ2) is 10.6. The van der Waals surface area contributed by atoms with Crippen LogP contribution in [0.15, 0.2) is 78.9 Å². The van der Waals surface area contributed by atoms with Crippen LogP contribution >= 0.6 is 0 Å². The van der Waals surface area contributed by atoms with Gasteiger partial charge in [-0.2, -0.15) is 0 Å². The van der Waals surface area contributed by atoms with Crippen molar-refractivity contribution in [1.82, 2.24) is 10.2 Å². The van der Waals surface area contributed by atoms with E-state index in [9.17, 15) is 9.59 Å². The number of nitrogens with one attached hydrogen (secondary N) is 1. The quantitative estimate of drug-likeness (QED) is 0.600. The average Bonchev–Trinajstić information content (AvgIpc) is 2.79. The van der Waals surface area contributed by atoms with Crippen molar-refractivity contribution in [2.24, 2.45) is 0 Å². The zero-order valence-electron chi connectivity index (χ0n) is 18.5. The molecule has 0 fully saturated rings. The van der Waals surface area contributed by atoms with E-state index in [1.54, 1.807) is 11.9 Å². The Balaban J connectivity index is 1.92. The maximum absolute atomic E-state index is 13.5. The summed E-state index contributed by atoms with van der Waals surface area (Å²) in [5.41, 5.74) is 5.28. The van der Waals surface area contributed by atoms with Gasteiger partial charge in [-0.05, 0) is 30.5 Å². The van der Waals surface area contributed by atoms with Crippen LogP contribution in [0.25, 0.3) is 0 Å². The van der Waals surface area contributed by atoms with Crippen molar-refractivity contribution in [3.8, 4) is 0 Å². The number of hydrogen-bond acceptors (Lipinski definition) is 2. The number of carbonyl (C=O) groups is 2. The number of likely N-dealkylation sites (N-methyl/N-ethyl adjacent to an activating group) is 1. The van der Waals surface area contributed by atoms with Crippen molar-refractivity contribution in [2.75, 3.05) is 7.05 Å². The van der Waals surface area contributed by atoms with Crippen LogP contribution in [0.5, 0.6) is 0 Å². The highest BCUT2D eigenvalue weighted by Gasteiger charge is 2.29. The minimum atomic E-state index is -0.591. The van der Waals surface area contributed by atoms with Gasteiger partial charge in [0.1, 0.15) is 6.04 Å². The zero-order valence-corrected chi connectivity index (χ0v) is 18.5. The molecular weight excluding hydrogens is 384 g/mol. The molecule has 0 saturated carbocycles. The number of aryl methyl sites for hydroxylation is 2. The lowest BCUT2D eigenvalue weighted by Crippen LogP contribution is -2.50.